The summed E-state index contributed by atoms with van der Waals surface area (Å²) in [5.74, 6) is -0.670. The molecule has 4 heteroatoms. The number of fused-ring (bicyclic) bond motifs is 3. The van der Waals surface area contributed by atoms with Gasteiger partial charge in [0.25, 0.3) is 0 Å². The summed E-state index contributed by atoms with van der Waals surface area (Å²) in [6, 6.07) is 12.9. The van der Waals surface area contributed by atoms with Crippen LogP contribution in [0.4, 0.5) is 0 Å². The fourth-order valence-corrected chi connectivity index (χ4v) is 2.35. The molecule has 0 fully saturated rings. The van der Waals surface area contributed by atoms with E-state index >= 15 is 0 Å². The van der Waals surface area contributed by atoms with E-state index in [-0.39, 0.29) is 5.56 Å². The van der Waals surface area contributed by atoms with Gasteiger partial charge in [0.1, 0.15) is 16.7 Å². The molecule has 0 aliphatic rings. The molecule has 0 N–H and O–H groups in total. The van der Waals surface area contributed by atoms with Crippen molar-refractivity contribution >= 4 is 27.7 Å². The van der Waals surface area contributed by atoms with E-state index in [2.05, 4.69) is 0 Å². The van der Waals surface area contributed by atoms with Gasteiger partial charge in [0.2, 0.25) is 0 Å². The number of benzene rings is 2. The van der Waals surface area contributed by atoms with Crippen molar-refractivity contribution < 1.29 is 13.9 Å². The fourth-order valence-electron chi connectivity index (χ4n) is 2.35. The number of hydrogen-bond donors (Lipinski definition) is 0. The van der Waals surface area contributed by atoms with Crippen LogP contribution in [0.1, 0.15) is 31.1 Å². The van der Waals surface area contributed by atoms with E-state index in [0.29, 0.717) is 5.58 Å². The van der Waals surface area contributed by atoms with Crippen LogP contribution >= 0.6 is 0 Å². The van der Waals surface area contributed by atoms with Crippen molar-refractivity contribution in [1.29, 1.82) is 0 Å². The molecule has 0 unspecified atom stereocenters. The first-order valence-corrected chi connectivity index (χ1v) is 7.04. The highest BCUT2D eigenvalue weighted by molar-refractivity contribution is 6.07. The molecule has 2 aromatic carbocycles. The zero-order valence-electron chi connectivity index (χ0n) is 12.7. The normalized spacial score (nSPS) is 11.8. The summed E-state index contributed by atoms with van der Waals surface area (Å²) in [6.45, 7) is 5.26. The van der Waals surface area contributed by atoms with E-state index in [9.17, 15) is 9.59 Å². The number of hydrogen-bond acceptors (Lipinski definition) is 4. The molecule has 1 aromatic heterocycles. The molecule has 0 bridgehead atoms. The van der Waals surface area contributed by atoms with Gasteiger partial charge in [0, 0.05) is 5.39 Å². The van der Waals surface area contributed by atoms with Gasteiger partial charge in [-0.2, -0.15) is 0 Å². The number of esters is 1. The van der Waals surface area contributed by atoms with Gasteiger partial charge in [0.15, 0.2) is 0 Å². The summed E-state index contributed by atoms with van der Waals surface area (Å²) in [5.41, 5.74) is -0.983. The third kappa shape index (κ3) is 2.60. The maximum absolute atomic E-state index is 12.2. The lowest BCUT2D eigenvalue weighted by atomic mass is 10.0. The number of carbonyl (C=O) groups excluding carboxylic acids is 1. The van der Waals surface area contributed by atoms with Gasteiger partial charge in [-0.1, -0.05) is 30.3 Å². The van der Waals surface area contributed by atoms with E-state index in [1.54, 1.807) is 32.9 Å². The predicted molar refractivity (Wildman–Crippen MR) is 85.2 cm³/mol. The molecular weight excluding hydrogens is 280 g/mol. The lowest BCUT2D eigenvalue weighted by Crippen LogP contribution is -2.27. The van der Waals surface area contributed by atoms with Crippen LogP contribution in [-0.4, -0.2) is 11.6 Å². The molecule has 1 heterocycles. The fraction of sp³-hybridized carbons (Fsp3) is 0.222. The third-order valence-corrected chi connectivity index (χ3v) is 3.26. The topological polar surface area (TPSA) is 56.5 Å². The quantitative estimate of drug-likeness (QED) is 0.388. The van der Waals surface area contributed by atoms with E-state index < -0.39 is 17.2 Å². The summed E-state index contributed by atoms with van der Waals surface area (Å²) < 4.78 is 10.5. The predicted octanol–water partition coefficient (Wildman–Crippen LogP) is 3.90. The Morgan fingerprint density at radius 1 is 1.05 bits per heavy atom. The summed E-state index contributed by atoms with van der Waals surface area (Å²) in [6.07, 6.45) is 0. The highest BCUT2D eigenvalue weighted by atomic mass is 16.6. The molecule has 3 rings (SSSR count). The van der Waals surface area contributed by atoms with Gasteiger partial charge in [0.05, 0.1) is 0 Å². The van der Waals surface area contributed by atoms with Crippen LogP contribution in [0.15, 0.2) is 51.7 Å². The Bertz CT molecular complexity index is 929. The zero-order valence-corrected chi connectivity index (χ0v) is 12.7. The van der Waals surface area contributed by atoms with Crippen LogP contribution in [-0.2, 0) is 4.74 Å². The SMILES string of the molecule is CC(C)(C)OC(=O)c1cc2c(ccc3ccccc32)oc1=O. The third-order valence-electron chi connectivity index (χ3n) is 3.26. The van der Waals surface area contributed by atoms with Gasteiger partial charge >= 0.3 is 11.6 Å². The van der Waals surface area contributed by atoms with Crippen molar-refractivity contribution in [2.75, 3.05) is 0 Å². The largest absolute Gasteiger partial charge is 0.456 e. The highest BCUT2D eigenvalue weighted by Crippen LogP contribution is 2.25. The van der Waals surface area contributed by atoms with Crippen LogP contribution in [0.25, 0.3) is 21.7 Å². The smallest absolute Gasteiger partial charge is 0.351 e. The monoisotopic (exact) mass is 296 g/mol. The van der Waals surface area contributed by atoms with Crippen molar-refractivity contribution in [3.63, 3.8) is 0 Å². The van der Waals surface area contributed by atoms with Gasteiger partial charge in [-0.05, 0) is 43.7 Å². The summed E-state index contributed by atoms with van der Waals surface area (Å²) in [5, 5.41) is 2.66. The molecule has 112 valence electrons. The Morgan fingerprint density at radius 2 is 1.77 bits per heavy atom. The van der Waals surface area contributed by atoms with Gasteiger partial charge in [-0.25, -0.2) is 9.59 Å². The summed E-state index contributed by atoms with van der Waals surface area (Å²) in [4.78, 5) is 24.2. The highest BCUT2D eigenvalue weighted by Gasteiger charge is 2.22. The van der Waals surface area contributed by atoms with Crippen LogP contribution in [0.2, 0.25) is 0 Å². The maximum Gasteiger partial charge on any atom is 0.351 e. The second kappa shape index (κ2) is 4.98. The van der Waals surface area contributed by atoms with Crippen molar-refractivity contribution in [2.45, 2.75) is 26.4 Å². The molecule has 0 aliphatic heterocycles. The second-order valence-corrected chi connectivity index (χ2v) is 6.15. The Balaban J connectivity index is 2.24. The average Bonchev–Trinajstić information content (AvgIpc) is 2.44. The standard InChI is InChI=1S/C18H16O4/c1-18(2,3)22-17(20)14-10-13-12-7-5-4-6-11(12)8-9-15(13)21-16(14)19/h4-10H,1-3H3. The molecule has 0 saturated heterocycles. The molecule has 0 saturated carbocycles. The van der Waals surface area contributed by atoms with Crippen LogP contribution in [0, 0.1) is 0 Å². The minimum absolute atomic E-state index is 0.0845. The van der Waals surface area contributed by atoms with Crippen LogP contribution in [0.5, 0.6) is 0 Å². The van der Waals surface area contributed by atoms with E-state index in [4.69, 9.17) is 9.15 Å². The Hall–Kier alpha value is -2.62. The lowest BCUT2D eigenvalue weighted by molar-refractivity contribution is 0.00654. The number of rotatable bonds is 1. The molecule has 0 atom stereocenters. The average molecular weight is 296 g/mol. The van der Waals surface area contributed by atoms with Crippen molar-refractivity contribution in [3.05, 3.63) is 58.4 Å². The molecule has 0 aliphatic carbocycles. The molecular formula is C18H16O4. The summed E-state index contributed by atoms with van der Waals surface area (Å²) in [7, 11) is 0. The zero-order chi connectivity index (χ0) is 15.9. The first-order chi connectivity index (χ1) is 10.3. The van der Waals surface area contributed by atoms with E-state index in [0.717, 1.165) is 16.2 Å². The van der Waals surface area contributed by atoms with Crippen LogP contribution < -0.4 is 5.63 Å². The first-order valence-electron chi connectivity index (χ1n) is 7.04. The van der Waals surface area contributed by atoms with Gasteiger partial charge in [-0.15, -0.1) is 0 Å². The van der Waals surface area contributed by atoms with Crippen molar-refractivity contribution in [3.8, 4) is 0 Å². The van der Waals surface area contributed by atoms with Gasteiger partial charge in [-0.3, -0.25) is 0 Å². The van der Waals surface area contributed by atoms with Crippen molar-refractivity contribution in [1.82, 2.24) is 0 Å². The number of ether oxygens (including phenoxy) is 1. The van der Waals surface area contributed by atoms with Gasteiger partial charge < -0.3 is 9.15 Å². The first kappa shape index (κ1) is 14.3. The van der Waals surface area contributed by atoms with Crippen molar-refractivity contribution in [2.24, 2.45) is 0 Å². The maximum atomic E-state index is 12.2. The molecule has 0 spiro atoms. The summed E-state index contributed by atoms with van der Waals surface area (Å²) >= 11 is 0. The second-order valence-electron chi connectivity index (χ2n) is 6.15. The minimum Gasteiger partial charge on any atom is -0.456 e. The Morgan fingerprint density at radius 3 is 2.50 bits per heavy atom. The number of carbonyl (C=O) groups is 1. The Kier molecular flexibility index (Phi) is 3.24. The van der Waals surface area contributed by atoms with E-state index in [1.165, 1.54) is 0 Å². The molecule has 0 radical (unpaired) electrons. The molecule has 0 amide bonds. The molecule has 3 aromatic rings. The van der Waals surface area contributed by atoms with Crippen LogP contribution in [0.3, 0.4) is 0 Å². The lowest BCUT2D eigenvalue weighted by Gasteiger charge is -2.19. The Labute approximate surface area is 127 Å². The molecule has 22 heavy (non-hydrogen) atoms. The minimum atomic E-state index is -0.683. The van der Waals surface area contributed by atoms with E-state index in [1.807, 2.05) is 30.3 Å². The molecule has 4 nitrogen and oxygen atoms in total.